The van der Waals surface area contributed by atoms with E-state index in [0.29, 0.717) is 17.0 Å². The van der Waals surface area contributed by atoms with Gasteiger partial charge in [0.15, 0.2) is 11.5 Å². The van der Waals surface area contributed by atoms with E-state index in [-0.39, 0.29) is 5.69 Å². The molecule has 3 aromatic heterocycles. The lowest BCUT2D eigenvalue weighted by atomic mass is 10.3. The lowest BCUT2D eigenvalue weighted by Gasteiger charge is -1.98. The first-order valence-corrected chi connectivity index (χ1v) is 5.39. The highest BCUT2D eigenvalue weighted by Gasteiger charge is 2.17. The van der Waals surface area contributed by atoms with E-state index in [1.165, 1.54) is 0 Å². The number of hydrogen-bond acceptors (Lipinski definition) is 3. The Kier molecular flexibility index (Phi) is 2.30. The molecule has 0 aromatic carbocycles. The van der Waals surface area contributed by atoms with Crippen LogP contribution in [-0.2, 0) is 0 Å². The van der Waals surface area contributed by atoms with E-state index in [4.69, 9.17) is 5.11 Å². The number of carboxylic acids is 1. The van der Waals surface area contributed by atoms with Crippen molar-refractivity contribution in [3.63, 3.8) is 0 Å². The summed E-state index contributed by atoms with van der Waals surface area (Å²) in [6, 6.07) is 10.8. The third-order valence-electron chi connectivity index (χ3n) is 2.64. The van der Waals surface area contributed by atoms with Gasteiger partial charge in [-0.1, -0.05) is 12.1 Å². The van der Waals surface area contributed by atoms with Crippen molar-refractivity contribution in [2.75, 3.05) is 0 Å². The predicted octanol–water partition coefficient (Wildman–Crippen LogP) is 2.09. The fourth-order valence-electron chi connectivity index (χ4n) is 1.87. The summed E-state index contributed by atoms with van der Waals surface area (Å²) in [6.45, 7) is 0. The molecule has 1 N–H and O–H groups in total. The van der Waals surface area contributed by atoms with Crippen LogP contribution < -0.4 is 0 Å². The molecule has 0 unspecified atom stereocenters. The van der Waals surface area contributed by atoms with Crippen LogP contribution >= 0.6 is 0 Å². The van der Waals surface area contributed by atoms with E-state index in [2.05, 4.69) is 9.97 Å². The number of carbonyl (C=O) groups is 1. The predicted molar refractivity (Wildman–Crippen MR) is 65.4 cm³/mol. The van der Waals surface area contributed by atoms with Crippen molar-refractivity contribution in [1.29, 1.82) is 0 Å². The summed E-state index contributed by atoms with van der Waals surface area (Å²) in [5.74, 6) is -0.510. The van der Waals surface area contributed by atoms with Gasteiger partial charge in [-0.3, -0.25) is 9.38 Å². The van der Waals surface area contributed by atoms with Crippen molar-refractivity contribution in [2.24, 2.45) is 0 Å². The van der Waals surface area contributed by atoms with Gasteiger partial charge in [0.2, 0.25) is 0 Å². The molecule has 18 heavy (non-hydrogen) atoms. The Morgan fingerprint density at radius 3 is 2.72 bits per heavy atom. The van der Waals surface area contributed by atoms with Crippen molar-refractivity contribution in [1.82, 2.24) is 14.4 Å². The van der Waals surface area contributed by atoms with E-state index in [1.54, 1.807) is 41.1 Å². The molecule has 3 rings (SSSR count). The van der Waals surface area contributed by atoms with Crippen LogP contribution in [-0.4, -0.2) is 25.4 Å². The summed E-state index contributed by atoms with van der Waals surface area (Å²) in [6.07, 6.45) is 3.43. The topological polar surface area (TPSA) is 67.5 Å². The SMILES string of the molecule is O=C(O)c1nc(-c2ccccn2)n2ccccc12. The maximum Gasteiger partial charge on any atom is 0.356 e. The average molecular weight is 239 g/mol. The van der Waals surface area contributed by atoms with Gasteiger partial charge in [-0.05, 0) is 24.3 Å². The normalized spacial score (nSPS) is 10.7. The molecule has 5 nitrogen and oxygen atoms in total. The van der Waals surface area contributed by atoms with E-state index in [9.17, 15) is 4.79 Å². The van der Waals surface area contributed by atoms with E-state index < -0.39 is 5.97 Å². The molecule has 5 heteroatoms. The fourth-order valence-corrected chi connectivity index (χ4v) is 1.87. The van der Waals surface area contributed by atoms with Gasteiger partial charge in [-0.15, -0.1) is 0 Å². The smallest absolute Gasteiger partial charge is 0.356 e. The van der Waals surface area contributed by atoms with Gasteiger partial charge in [-0.2, -0.15) is 0 Å². The molecule has 0 amide bonds. The Hall–Kier alpha value is -2.69. The van der Waals surface area contributed by atoms with Gasteiger partial charge in [0, 0.05) is 12.4 Å². The molecule has 0 bridgehead atoms. The number of nitrogens with zero attached hydrogens (tertiary/aromatic N) is 3. The molecule has 0 saturated carbocycles. The molecule has 0 aliphatic heterocycles. The van der Waals surface area contributed by atoms with Crippen LogP contribution in [0.15, 0.2) is 48.8 Å². The number of imidazole rings is 1. The summed E-state index contributed by atoms with van der Waals surface area (Å²) in [4.78, 5) is 19.5. The number of pyridine rings is 2. The quantitative estimate of drug-likeness (QED) is 0.743. The van der Waals surface area contributed by atoms with Gasteiger partial charge in [0.25, 0.3) is 0 Å². The van der Waals surface area contributed by atoms with Crippen LogP contribution in [0.1, 0.15) is 10.5 Å². The van der Waals surface area contributed by atoms with Crippen molar-refractivity contribution < 1.29 is 9.90 Å². The minimum atomic E-state index is -1.04. The largest absolute Gasteiger partial charge is 0.476 e. The lowest BCUT2D eigenvalue weighted by molar-refractivity contribution is 0.0693. The first-order chi connectivity index (χ1) is 8.77. The molecule has 0 aliphatic rings. The summed E-state index contributed by atoms with van der Waals surface area (Å²) in [5.41, 5.74) is 1.24. The van der Waals surface area contributed by atoms with Crippen molar-refractivity contribution >= 4 is 11.5 Å². The Labute approximate surface area is 102 Å². The van der Waals surface area contributed by atoms with Gasteiger partial charge < -0.3 is 5.11 Å². The van der Waals surface area contributed by atoms with Crippen LogP contribution in [0.3, 0.4) is 0 Å². The summed E-state index contributed by atoms with van der Waals surface area (Å²) in [5, 5.41) is 9.15. The maximum absolute atomic E-state index is 11.2. The zero-order valence-electron chi connectivity index (χ0n) is 9.32. The Morgan fingerprint density at radius 2 is 2.00 bits per heavy atom. The van der Waals surface area contributed by atoms with Crippen LogP contribution in [0.2, 0.25) is 0 Å². The second-order valence-corrected chi connectivity index (χ2v) is 3.76. The highest BCUT2D eigenvalue weighted by Crippen LogP contribution is 2.20. The third-order valence-corrected chi connectivity index (χ3v) is 2.64. The minimum absolute atomic E-state index is 0.0382. The Bertz CT molecular complexity index is 719. The van der Waals surface area contributed by atoms with Crippen LogP contribution in [0.5, 0.6) is 0 Å². The van der Waals surface area contributed by atoms with Gasteiger partial charge in [-0.25, -0.2) is 9.78 Å². The average Bonchev–Trinajstić information content (AvgIpc) is 2.79. The standard InChI is InChI=1S/C13H9N3O2/c17-13(18)11-10-6-2-4-8-16(10)12(15-11)9-5-1-3-7-14-9/h1-8H,(H,17,18). The van der Waals surface area contributed by atoms with E-state index >= 15 is 0 Å². The maximum atomic E-state index is 11.2. The van der Waals surface area contributed by atoms with Crippen LogP contribution in [0.4, 0.5) is 0 Å². The second-order valence-electron chi connectivity index (χ2n) is 3.76. The van der Waals surface area contributed by atoms with Gasteiger partial charge in [0.1, 0.15) is 5.69 Å². The van der Waals surface area contributed by atoms with Crippen LogP contribution in [0, 0.1) is 0 Å². The lowest BCUT2D eigenvalue weighted by Crippen LogP contribution is -1.97. The highest BCUT2D eigenvalue weighted by atomic mass is 16.4. The van der Waals surface area contributed by atoms with E-state index in [1.807, 2.05) is 12.1 Å². The van der Waals surface area contributed by atoms with E-state index in [0.717, 1.165) is 0 Å². The number of aromatic carboxylic acids is 1. The Morgan fingerprint density at radius 1 is 1.17 bits per heavy atom. The number of rotatable bonds is 2. The van der Waals surface area contributed by atoms with Crippen molar-refractivity contribution in [3.8, 4) is 11.5 Å². The highest BCUT2D eigenvalue weighted by molar-refractivity contribution is 5.94. The number of aromatic nitrogens is 3. The first kappa shape index (κ1) is 10.5. The van der Waals surface area contributed by atoms with Crippen molar-refractivity contribution in [2.45, 2.75) is 0 Å². The number of hydrogen-bond donors (Lipinski definition) is 1. The molecular formula is C13H9N3O2. The molecule has 0 saturated heterocycles. The molecule has 88 valence electrons. The molecule has 0 aliphatic carbocycles. The van der Waals surface area contributed by atoms with Gasteiger partial charge >= 0.3 is 5.97 Å². The third kappa shape index (κ3) is 1.53. The molecule has 3 heterocycles. The van der Waals surface area contributed by atoms with Gasteiger partial charge in [0.05, 0.1) is 5.52 Å². The molecule has 0 fully saturated rings. The number of carboxylic acid groups (broad SMARTS) is 1. The second kappa shape index (κ2) is 3.96. The van der Waals surface area contributed by atoms with Crippen LogP contribution in [0.25, 0.3) is 17.0 Å². The molecule has 0 spiro atoms. The summed E-state index contributed by atoms with van der Waals surface area (Å²) >= 11 is 0. The molecule has 0 radical (unpaired) electrons. The molecular weight excluding hydrogens is 230 g/mol. The first-order valence-electron chi connectivity index (χ1n) is 5.39. The summed E-state index contributed by atoms with van der Waals surface area (Å²) < 4.78 is 1.73. The zero-order chi connectivity index (χ0) is 12.5. The monoisotopic (exact) mass is 239 g/mol. The Balaban J connectivity index is 2.34. The fraction of sp³-hybridized carbons (Fsp3) is 0. The number of fused-ring (bicyclic) bond motifs is 1. The molecule has 3 aromatic rings. The zero-order valence-corrected chi connectivity index (χ0v) is 9.32. The summed E-state index contributed by atoms with van der Waals surface area (Å²) in [7, 11) is 0. The van der Waals surface area contributed by atoms with Crippen molar-refractivity contribution in [3.05, 3.63) is 54.5 Å². The molecule has 0 atom stereocenters. The minimum Gasteiger partial charge on any atom is -0.476 e.